The minimum Gasteiger partial charge on any atom is -0.462 e. The molecule has 0 saturated carbocycles. The van der Waals surface area contributed by atoms with Crippen LogP contribution >= 0.6 is 7.82 Å². The van der Waals surface area contributed by atoms with E-state index in [-0.39, 0.29) is 32.6 Å². The quantitative estimate of drug-likeness (QED) is 0.0266. The van der Waals surface area contributed by atoms with Crippen LogP contribution in [0.3, 0.4) is 0 Å². The van der Waals surface area contributed by atoms with E-state index in [0.717, 1.165) is 51.4 Å². The molecule has 334 valence electrons. The van der Waals surface area contributed by atoms with Crippen LogP contribution in [0.5, 0.6) is 0 Å². The lowest BCUT2D eigenvalue weighted by molar-refractivity contribution is -0.161. The number of phosphoric acid groups is 1. The molecule has 0 aliphatic carbocycles. The third-order valence-corrected chi connectivity index (χ3v) is 11.0. The Morgan fingerprint density at radius 3 is 1.35 bits per heavy atom. The monoisotopic (exact) mass is 826 g/mol. The minimum absolute atomic E-state index is 0.0463. The molecule has 0 amide bonds. The van der Waals surface area contributed by atoms with E-state index in [4.69, 9.17) is 24.3 Å². The fourth-order valence-electron chi connectivity index (χ4n) is 6.47. The largest absolute Gasteiger partial charge is 0.472 e. The van der Waals surface area contributed by atoms with Crippen LogP contribution in [0.15, 0.2) is 36.5 Å². The van der Waals surface area contributed by atoms with Gasteiger partial charge in [-0.2, -0.15) is 0 Å². The van der Waals surface area contributed by atoms with Crippen molar-refractivity contribution in [1.29, 1.82) is 0 Å². The average Bonchev–Trinajstić information content (AvgIpc) is 3.20. The summed E-state index contributed by atoms with van der Waals surface area (Å²) in [6, 6.07) is 0. The van der Waals surface area contributed by atoms with E-state index >= 15 is 0 Å². The van der Waals surface area contributed by atoms with Gasteiger partial charge in [0.25, 0.3) is 0 Å². The van der Waals surface area contributed by atoms with E-state index in [2.05, 4.69) is 50.3 Å². The topological polar surface area (TPSA) is 134 Å². The van der Waals surface area contributed by atoms with Gasteiger partial charge in [-0.3, -0.25) is 18.6 Å². The summed E-state index contributed by atoms with van der Waals surface area (Å²) >= 11 is 0. The fraction of sp³-hybridized carbons (Fsp3) is 0.830. The smallest absolute Gasteiger partial charge is 0.462 e. The summed E-state index contributed by atoms with van der Waals surface area (Å²) in [6.45, 7) is 3.68. The van der Waals surface area contributed by atoms with Gasteiger partial charge in [-0.25, -0.2) is 4.57 Å². The molecule has 0 aromatic carbocycles. The molecular formula is C47H88NO8P. The lowest BCUT2D eigenvalue weighted by Gasteiger charge is -2.19. The molecule has 1 unspecified atom stereocenters. The second kappa shape index (κ2) is 43.8. The van der Waals surface area contributed by atoms with Crippen molar-refractivity contribution in [1.82, 2.24) is 0 Å². The van der Waals surface area contributed by atoms with Crippen molar-refractivity contribution >= 4 is 19.8 Å². The molecule has 0 spiro atoms. The van der Waals surface area contributed by atoms with Gasteiger partial charge >= 0.3 is 19.8 Å². The number of nitrogens with two attached hydrogens (primary N) is 1. The average molecular weight is 826 g/mol. The number of allylic oxidation sites excluding steroid dienone is 6. The van der Waals surface area contributed by atoms with Gasteiger partial charge < -0.3 is 20.1 Å². The maximum Gasteiger partial charge on any atom is 0.472 e. The molecule has 0 aliphatic heterocycles. The Kier molecular flexibility index (Phi) is 42.4. The van der Waals surface area contributed by atoms with Gasteiger partial charge in [-0.15, -0.1) is 0 Å². The molecule has 0 saturated heterocycles. The lowest BCUT2D eigenvalue weighted by atomic mass is 10.0. The first kappa shape index (κ1) is 55.2. The van der Waals surface area contributed by atoms with E-state index in [1.54, 1.807) is 0 Å². The van der Waals surface area contributed by atoms with E-state index in [9.17, 15) is 19.0 Å². The molecule has 10 heteroatoms. The Hall–Kier alpha value is -1.77. The van der Waals surface area contributed by atoms with E-state index < -0.39 is 32.5 Å². The van der Waals surface area contributed by atoms with Gasteiger partial charge in [0.05, 0.1) is 13.2 Å². The molecule has 3 N–H and O–H groups in total. The van der Waals surface area contributed by atoms with Crippen molar-refractivity contribution in [2.75, 3.05) is 26.4 Å². The first-order valence-electron chi connectivity index (χ1n) is 23.5. The molecule has 0 aliphatic rings. The summed E-state index contributed by atoms with van der Waals surface area (Å²) in [5.41, 5.74) is 5.35. The molecule has 0 heterocycles. The van der Waals surface area contributed by atoms with Crippen LogP contribution in [-0.2, 0) is 32.7 Å². The first-order valence-corrected chi connectivity index (χ1v) is 25.0. The van der Waals surface area contributed by atoms with Crippen molar-refractivity contribution in [3.8, 4) is 0 Å². The Labute approximate surface area is 350 Å². The highest BCUT2D eigenvalue weighted by Crippen LogP contribution is 2.43. The zero-order chi connectivity index (χ0) is 41.8. The predicted octanol–water partition coefficient (Wildman–Crippen LogP) is 13.7. The Balaban J connectivity index is 4.11. The number of rotatable bonds is 44. The van der Waals surface area contributed by atoms with E-state index in [0.29, 0.717) is 12.8 Å². The first-order chi connectivity index (χ1) is 27.8. The lowest BCUT2D eigenvalue weighted by Crippen LogP contribution is -2.29. The summed E-state index contributed by atoms with van der Waals surface area (Å²) in [5.74, 6) is -0.893. The molecule has 57 heavy (non-hydrogen) atoms. The number of phosphoric ester groups is 1. The normalized spacial score (nSPS) is 13.5. The van der Waals surface area contributed by atoms with Crippen LogP contribution in [0.2, 0.25) is 0 Å². The van der Waals surface area contributed by atoms with Gasteiger partial charge in [0.15, 0.2) is 6.10 Å². The highest BCUT2D eigenvalue weighted by molar-refractivity contribution is 7.47. The summed E-state index contributed by atoms with van der Waals surface area (Å²) < 4.78 is 32.7. The zero-order valence-corrected chi connectivity index (χ0v) is 37.7. The van der Waals surface area contributed by atoms with Gasteiger partial charge in [0, 0.05) is 19.4 Å². The third kappa shape index (κ3) is 43.6. The standard InChI is InChI=1S/C47H88NO8P/c1-3-5-7-9-11-13-15-17-18-19-20-21-22-23-24-25-26-28-29-31-33-35-37-39-46(49)53-43-45(44-55-57(51,52)54-42-41-48)56-47(50)40-38-36-34-32-30-27-16-14-12-10-8-6-4-2/h25-27,30-31,33,45H,3-24,28-29,32,34-44,48H2,1-2H3,(H,51,52)/b26-25+,30-27+,33-31+/t45-/m0/s1. The van der Waals surface area contributed by atoms with Gasteiger partial charge in [0.1, 0.15) is 6.61 Å². The second-order valence-corrected chi connectivity index (χ2v) is 17.1. The summed E-state index contributed by atoms with van der Waals surface area (Å²) in [4.78, 5) is 34.9. The molecule has 0 bridgehead atoms. The van der Waals surface area contributed by atoms with Crippen LogP contribution in [0.1, 0.15) is 219 Å². The summed E-state index contributed by atoms with van der Waals surface area (Å²) in [6.07, 6.45) is 49.1. The predicted molar refractivity (Wildman–Crippen MR) is 238 cm³/mol. The molecule has 0 aromatic rings. The number of carbonyl (C=O) groups excluding carboxylic acids is 2. The van der Waals surface area contributed by atoms with Gasteiger partial charge in [0.2, 0.25) is 0 Å². The van der Waals surface area contributed by atoms with Crippen molar-refractivity contribution in [3.05, 3.63) is 36.5 Å². The summed E-state index contributed by atoms with van der Waals surface area (Å²) in [5, 5.41) is 0. The number of ether oxygens (including phenoxy) is 2. The molecule has 0 radical (unpaired) electrons. The van der Waals surface area contributed by atoms with Crippen LogP contribution in [0.25, 0.3) is 0 Å². The Morgan fingerprint density at radius 2 is 0.895 bits per heavy atom. The Bertz CT molecular complexity index is 1030. The summed E-state index contributed by atoms with van der Waals surface area (Å²) in [7, 11) is -4.39. The molecule has 9 nitrogen and oxygen atoms in total. The highest BCUT2D eigenvalue weighted by Gasteiger charge is 2.26. The minimum atomic E-state index is -4.39. The van der Waals surface area contributed by atoms with Crippen molar-refractivity contribution in [3.63, 3.8) is 0 Å². The van der Waals surface area contributed by atoms with Crippen molar-refractivity contribution < 1.29 is 37.6 Å². The fourth-order valence-corrected chi connectivity index (χ4v) is 7.24. The molecule has 0 fully saturated rings. The second-order valence-electron chi connectivity index (χ2n) is 15.6. The van der Waals surface area contributed by atoms with Crippen LogP contribution in [0, 0.1) is 0 Å². The highest BCUT2D eigenvalue weighted by atomic mass is 31.2. The SMILES string of the molecule is CCCCCCCC/C=C/CCCCCC(=O)O[C@@H](COC(=O)CCC/C=C/CC/C=C/CCCCCCCCCCCCCCCC)COP(=O)(O)OCCN. The van der Waals surface area contributed by atoms with Crippen LogP contribution in [0.4, 0.5) is 0 Å². The number of unbranched alkanes of at least 4 members (excludes halogenated alkanes) is 25. The van der Waals surface area contributed by atoms with Crippen molar-refractivity contribution in [2.45, 2.75) is 225 Å². The zero-order valence-electron chi connectivity index (χ0n) is 36.8. The van der Waals surface area contributed by atoms with Crippen LogP contribution in [-0.4, -0.2) is 49.3 Å². The maximum absolute atomic E-state index is 12.6. The number of hydrogen-bond donors (Lipinski definition) is 2. The maximum atomic E-state index is 12.6. The van der Waals surface area contributed by atoms with Gasteiger partial charge in [-0.1, -0.05) is 172 Å². The molecular weight excluding hydrogens is 737 g/mol. The van der Waals surface area contributed by atoms with Crippen molar-refractivity contribution in [2.24, 2.45) is 5.73 Å². The molecule has 0 aromatic heterocycles. The third-order valence-electron chi connectivity index (χ3n) is 9.98. The van der Waals surface area contributed by atoms with E-state index in [1.165, 1.54) is 128 Å². The number of esters is 2. The van der Waals surface area contributed by atoms with E-state index in [1.807, 2.05) is 0 Å². The molecule has 0 rings (SSSR count). The van der Waals surface area contributed by atoms with Crippen LogP contribution < -0.4 is 5.73 Å². The Morgan fingerprint density at radius 1 is 0.509 bits per heavy atom. The number of carbonyl (C=O) groups is 2. The number of hydrogen-bond acceptors (Lipinski definition) is 8. The molecule has 2 atom stereocenters. The van der Waals surface area contributed by atoms with Gasteiger partial charge in [-0.05, 0) is 70.6 Å².